The number of benzene rings is 3. The van der Waals surface area contributed by atoms with E-state index in [0.717, 1.165) is 28.3 Å². The van der Waals surface area contributed by atoms with E-state index < -0.39 is 0 Å². The third kappa shape index (κ3) is 5.97. The zero-order chi connectivity index (χ0) is 25.9. The van der Waals surface area contributed by atoms with Crippen LogP contribution < -0.4 is 10.1 Å². The quantitative estimate of drug-likeness (QED) is 0.288. The third-order valence-corrected chi connectivity index (χ3v) is 6.58. The Bertz CT molecular complexity index is 1370. The van der Waals surface area contributed by atoms with Crippen molar-refractivity contribution in [2.75, 3.05) is 5.32 Å². The minimum atomic E-state index is -0.185. The Morgan fingerprint density at radius 1 is 1.00 bits per heavy atom. The van der Waals surface area contributed by atoms with Crippen LogP contribution in [0.25, 0.3) is 0 Å². The van der Waals surface area contributed by atoms with Crippen molar-refractivity contribution < 1.29 is 9.53 Å². The van der Waals surface area contributed by atoms with Crippen molar-refractivity contribution in [3.8, 4) is 5.75 Å². The topological polar surface area (TPSA) is 56.2 Å². The van der Waals surface area contributed by atoms with Crippen LogP contribution in [0.4, 0.5) is 5.69 Å². The number of anilines is 1. The molecule has 1 aromatic heterocycles. The lowest BCUT2D eigenvalue weighted by Gasteiger charge is -2.19. The number of ether oxygens (including phenoxy) is 1. The molecule has 0 radical (unpaired) electrons. The van der Waals surface area contributed by atoms with E-state index in [-0.39, 0.29) is 11.3 Å². The minimum absolute atomic E-state index is 0.0992. The van der Waals surface area contributed by atoms with Gasteiger partial charge in [0.2, 0.25) is 0 Å². The molecule has 1 N–H and O–H groups in total. The largest absolute Gasteiger partial charge is 0.489 e. The molecule has 5 nitrogen and oxygen atoms in total. The molecule has 0 saturated carbocycles. The van der Waals surface area contributed by atoms with Gasteiger partial charge < -0.3 is 10.1 Å². The van der Waals surface area contributed by atoms with Crippen LogP contribution in [0.5, 0.6) is 5.75 Å². The molecule has 0 spiro atoms. The molecule has 1 amide bonds. The fourth-order valence-corrected chi connectivity index (χ4v) is 4.22. The Morgan fingerprint density at radius 2 is 1.72 bits per heavy atom. The molecule has 0 bridgehead atoms. The molecular formula is C30H32ClN3O2. The lowest BCUT2D eigenvalue weighted by molar-refractivity contribution is 0.102. The van der Waals surface area contributed by atoms with E-state index in [4.69, 9.17) is 16.3 Å². The monoisotopic (exact) mass is 501 g/mol. The third-order valence-electron chi connectivity index (χ3n) is 6.21. The number of nitrogens with one attached hydrogen (secondary N) is 1. The summed E-state index contributed by atoms with van der Waals surface area (Å²) >= 11 is 6.32. The summed E-state index contributed by atoms with van der Waals surface area (Å²) in [6.07, 6.45) is 0. The summed E-state index contributed by atoms with van der Waals surface area (Å²) in [4.78, 5) is 13.1. The van der Waals surface area contributed by atoms with Gasteiger partial charge in [0, 0.05) is 10.6 Å². The standard InChI is InChI=1S/C30H32ClN3O2/c1-20-28(21(2)34(33-20)18-24-10-6-7-12-27(24)31)32-29(35)23-11-8-9-22(17-23)19-36-26-15-13-25(14-16-26)30(3,4)5/h6-17H,18-19H2,1-5H3,(H,32,35). The fourth-order valence-electron chi connectivity index (χ4n) is 4.03. The average Bonchev–Trinajstić information content (AvgIpc) is 3.11. The second-order valence-corrected chi connectivity index (χ2v) is 10.4. The number of rotatable bonds is 7. The molecule has 0 aliphatic heterocycles. The van der Waals surface area contributed by atoms with E-state index >= 15 is 0 Å². The molecule has 0 unspecified atom stereocenters. The highest BCUT2D eigenvalue weighted by Gasteiger charge is 2.17. The smallest absolute Gasteiger partial charge is 0.255 e. The molecule has 0 aliphatic rings. The molecule has 4 aromatic rings. The number of hydrogen-bond acceptors (Lipinski definition) is 3. The number of nitrogens with zero attached hydrogens (tertiary/aromatic N) is 2. The predicted molar refractivity (Wildman–Crippen MR) is 146 cm³/mol. The van der Waals surface area contributed by atoms with Gasteiger partial charge in [0.05, 0.1) is 23.6 Å². The summed E-state index contributed by atoms with van der Waals surface area (Å²) < 4.78 is 7.83. The number of carbonyl (C=O) groups is 1. The highest BCUT2D eigenvalue weighted by Crippen LogP contribution is 2.26. The van der Waals surface area contributed by atoms with Crippen LogP contribution in [0.2, 0.25) is 5.02 Å². The van der Waals surface area contributed by atoms with Crippen molar-refractivity contribution in [3.63, 3.8) is 0 Å². The van der Waals surface area contributed by atoms with Crippen molar-refractivity contribution in [2.24, 2.45) is 0 Å². The molecular weight excluding hydrogens is 470 g/mol. The van der Waals surface area contributed by atoms with E-state index in [0.29, 0.717) is 29.4 Å². The second kappa shape index (κ2) is 10.6. The Hall–Kier alpha value is -3.57. The van der Waals surface area contributed by atoms with Crippen LogP contribution in [-0.4, -0.2) is 15.7 Å². The molecule has 0 saturated heterocycles. The van der Waals surface area contributed by atoms with Gasteiger partial charge in [0.25, 0.3) is 5.91 Å². The molecule has 1 heterocycles. The SMILES string of the molecule is Cc1nn(Cc2ccccc2Cl)c(C)c1NC(=O)c1cccc(COc2ccc(C(C)(C)C)cc2)c1. The van der Waals surface area contributed by atoms with Gasteiger partial charge in [0.1, 0.15) is 12.4 Å². The van der Waals surface area contributed by atoms with Crippen molar-refractivity contribution in [3.05, 3.63) is 111 Å². The molecule has 0 aliphatic carbocycles. The van der Waals surface area contributed by atoms with Gasteiger partial charge in [-0.3, -0.25) is 9.48 Å². The molecule has 0 fully saturated rings. The van der Waals surface area contributed by atoms with Gasteiger partial charge in [-0.25, -0.2) is 0 Å². The Labute approximate surface area is 218 Å². The van der Waals surface area contributed by atoms with Gasteiger partial charge in [-0.15, -0.1) is 0 Å². The van der Waals surface area contributed by atoms with Crippen molar-refractivity contribution >= 4 is 23.2 Å². The first-order valence-corrected chi connectivity index (χ1v) is 12.4. The maximum Gasteiger partial charge on any atom is 0.255 e. The Balaban J connectivity index is 1.43. The summed E-state index contributed by atoms with van der Waals surface area (Å²) in [6, 6.07) is 23.3. The van der Waals surface area contributed by atoms with E-state index in [1.54, 1.807) is 6.07 Å². The van der Waals surface area contributed by atoms with Gasteiger partial charge in [-0.1, -0.05) is 74.8 Å². The van der Waals surface area contributed by atoms with Crippen molar-refractivity contribution in [1.82, 2.24) is 9.78 Å². The molecule has 0 atom stereocenters. The Morgan fingerprint density at radius 3 is 2.42 bits per heavy atom. The molecule has 36 heavy (non-hydrogen) atoms. The van der Waals surface area contributed by atoms with Crippen LogP contribution in [0.15, 0.2) is 72.8 Å². The maximum atomic E-state index is 13.1. The minimum Gasteiger partial charge on any atom is -0.489 e. The van der Waals surface area contributed by atoms with Gasteiger partial charge in [-0.05, 0) is 66.3 Å². The fraction of sp³-hybridized carbons (Fsp3) is 0.267. The highest BCUT2D eigenvalue weighted by atomic mass is 35.5. The Kier molecular flexibility index (Phi) is 7.51. The molecule has 186 valence electrons. The number of carbonyl (C=O) groups excluding carboxylic acids is 1. The zero-order valence-electron chi connectivity index (χ0n) is 21.4. The van der Waals surface area contributed by atoms with Gasteiger partial charge >= 0.3 is 0 Å². The number of halogens is 1. The first-order chi connectivity index (χ1) is 17.1. The van der Waals surface area contributed by atoms with Crippen molar-refractivity contribution in [1.29, 1.82) is 0 Å². The van der Waals surface area contributed by atoms with E-state index in [2.05, 4.69) is 43.3 Å². The summed E-state index contributed by atoms with van der Waals surface area (Å²) in [5, 5.41) is 8.35. The predicted octanol–water partition coefficient (Wildman–Crippen LogP) is 7.33. The summed E-state index contributed by atoms with van der Waals surface area (Å²) in [5.74, 6) is 0.616. The normalized spacial score (nSPS) is 11.4. The van der Waals surface area contributed by atoms with E-state index in [1.165, 1.54) is 5.56 Å². The molecule has 4 rings (SSSR count). The summed E-state index contributed by atoms with van der Waals surface area (Å²) in [5.41, 5.74) is 6.17. The number of aromatic nitrogens is 2. The number of hydrogen-bond donors (Lipinski definition) is 1. The maximum absolute atomic E-state index is 13.1. The number of aryl methyl sites for hydroxylation is 1. The van der Waals surface area contributed by atoms with Crippen molar-refractivity contribution in [2.45, 2.75) is 53.2 Å². The van der Waals surface area contributed by atoms with Crippen LogP contribution in [0, 0.1) is 13.8 Å². The lowest BCUT2D eigenvalue weighted by Crippen LogP contribution is -2.14. The lowest BCUT2D eigenvalue weighted by atomic mass is 9.87. The molecule has 3 aromatic carbocycles. The molecule has 6 heteroatoms. The van der Waals surface area contributed by atoms with Crippen LogP contribution in [0.1, 0.15) is 59.2 Å². The first-order valence-electron chi connectivity index (χ1n) is 12.0. The van der Waals surface area contributed by atoms with E-state index in [9.17, 15) is 4.79 Å². The van der Waals surface area contributed by atoms with Crippen LogP contribution in [0.3, 0.4) is 0 Å². The van der Waals surface area contributed by atoms with Crippen LogP contribution in [-0.2, 0) is 18.6 Å². The summed E-state index contributed by atoms with van der Waals surface area (Å²) in [7, 11) is 0. The van der Waals surface area contributed by atoms with E-state index in [1.807, 2.05) is 73.1 Å². The zero-order valence-corrected chi connectivity index (χ0v) is 22.2. The van der Waals surface area contributed by atoms with Crippen LogP contribution >= 0.6 is 11.6 Å². The summed E-state index contributed by atoms with van der Waals surface area (Å²) in [6.45, 7) is 11.3. The first kappa shape index (κ1) is 25.5. The van der Waals surface area contributed by atoms with Gasteiger partial charge in [-0.2, -0.15) is 5.10 Å². The number of amides is 1. The second-order valence-electron chi connectivity index (χ2n) is 10.0. The average molecular weight is 502 g/mol. The highest BCUT2D eigenvalue weighted by molar-refractivity contribution is 6.31. The van der Waals surface area contributed by atoms with Gasteiger partial charge in [0.15, 0.2) is 0 Å².